The van der Waals surface area contributed by atoms with Crippen LogP contribution in [0.4, 0.5) is 5.69 Å². The standard InChI is InChI=1S/C18H16N2O5S/c19-26(22,23)17-10-13(12-21)9-16(20-11-15-7-4-8-24-15)18(17)25-14-5-2-1-3-6-14/h1-10,12,20H,11H2,(H2,19,22,23). The SMILES string of the molecule is NS(=O)(=O)c1cc(C=O)cc(NCc2ccco2)c1Oc1ccccc1. The first-order valence-electron chi connectivity index (χ1n) is 7.62. The second-order valence-electron chi connectivity index (χ2n) is 5.41. The summed E-state index contributed by atoms with van der Waals surface area (Å²) < 4.78 is 35.1. The first-order chi connectivity index (χ1) is 12.5. The number of primary sulfonamides is 1. The van der Waals surface area contributed by atoms with Crippen LogP contribution in [0.15, 0.2) is 70.2 Å². The Balaban J connectivity index is 2.07. The van der Waals surface area contributed by atoms with Crippen molar-refractivity contribution in [1.82, 2.24) is 0 Å². The number of para-hydroxylation sites is 1. The molecule has 0 spiro atoms. The van der Waals surface area contributed by atoms with Gasteiger partial charge in [0.2, 0.25) is 10.0 Å². The van der Waals surface area contributed by atoms with E-state index < -0.39 is 10.0 Å². The number of rotatable bonds is 7. The third-order valence-corrected chi connectivity index (χ3v) is 4.43. The fourth-order valence-corrected chi connectivity index (χ4v) is 3.05. The summed E-state index contributed by atoms with van der Waals surface area (Å²) in [6.45, 7) is 0.268. The first kappa shape index (κ1) is 17.7. The number of aldehydes is 1. The van der Waals surface area contributed by atoms with Crippen molar-refractivity contribution < 1.29 is 22.4 Å². The summed E-state index contributed by atoms with van der Waals surface area (Å²) in [6, 6.07) is 14.8. The first-order valence-corrected chi connectivity index (χ1v) is 9.17. The summed E-state index contributed by atoms with van der Waals surface area (Å²) >= 11 is 0. The van der Waals surface area contributed by atoms with Crippen LogP contribution in [0.25, 0.3) is 0 Å². The molecule has 0 saturated heterocycles. The molecule has 134 valence electrons. The molecule has 0 fully saturated rings. The minimum absolute atomic E-state index is 0.0101. The van der Waals surface area contributed by atoms with Gasteiger partial charge in [-0.2, -0.15) is 0 Å². The van der Waals surface area contributed by atoms with Gasteiger partial charge in [-0.3, -0.25) is 4.79 Å². The predicted molar refractivity (Wildman–Crippen MR) is 95.8 cm³/mol. The maximum atomic E-state index is 12.0. The molecule has 2 aromatic carbocycles. The van der Waals surface area contributed by atoms with E-state index in [1.54, 1.807) is 42.5 Å². The summed E-state index contributed by atoms with van der Waals surface area (Å²) in [4.78, 5) is 10.9. The molecule has 0 amide bonds. The van der Waals surface area contributed by atoms with Gasteiger partial charge in [-0.05, 0) is 36.4 Å². The third kappa shape index (κ3) is 4.11. The van der Waals surface area contributed by atoms with E-state index in [1.807, 2.05) is 0 Å². The normalized spacial score (nSPS) is 11.1. The van der Waals surface area contributed by atoms with Gasteiger partial charge in [0.1, 0.15) is 22.7 Å². The molecule has 0 unspecified atom stereocenters. The van der Waals surface area contributed by atoms with E-state index in [9.17, 15) is 13.2 Å². The monoisotopic (exact) mass is 372 g/mol. The van der Waals surface area contributed by atoms with Crippen LogP contribution in [0.3, 0.4) is 0 Å². The van der Waals surface area contributed by atoms with Crippen LogP contribution < -0.4 is 15.2 Å². The number of nitrogens with two attached hydrogens (primary N) is 1. The highest BCUT2D eigenvalue weighted by Crippen LogP contribution is 2.37. The van der Waals surface area contributed by atoms with Crippen LogP contribution in [0, 0.1) is 0 Å². The number of furan rings is 1. The molecular weight excluding hydrogens is 356 g/mol. The number of hydrogen-bond acceptors (Lipinski definition) is 6. The van der Waals surface area contributed by atoms with Gasteiger partial charge >= 0.3 is 0 Å². The molecule has 0 aliphatic heterocycles. The highest BCUT2D eigenvalue weighted by Gasteiger charge is 2.21. The molecule has 7 nitrogen and oxygen atoms in total. The van der Waals surface area contributed by atoms with Crippen molar-refractivity contribution >= 4 is 22.0 Å². The van der Waals surface area contributed by atoms with Crippen LogP contribution in [-0.4, -0.2) is 14.7 Å². The van der Waals surface area contributed by atoms with Gasteiger partial charge in [0.05, 0.1) is 18.5 Å². The number of carbonyl (C=O) groups is 1. The van der Waals surface area contributed by atoms with Crippen molar-refractivity contribution in [2.24, 2.45) is 5.14 Å². The lowest BCUT2D eigenvalue weighted by Crippen LogP contribution is -2.15. The Bertz CT molecular complexity index is 1000. The molecule has 26 heavy (non-hydrogen) atoms. The fourth-order valence-electron chi connectivity index (χ4n) is 2.34. The smallest absolute Gasteiger partial charge is 0.241 e. The minimum atomic E-state index is -4.13. The van der Waals surface area contributed by atoms with E-state index in [2.05, 4.69) is 5.32 Å². The molecule has 8 heteroatoms. The van der Waals surface area contributed by atoms with Gasteiger partial charge in [0, 0.05) is 5.56 Å². The molecule has 1 heterocycles. The summed E-state index contributed by atoms with van der Waals surface area (Å²) in [5.74, 6) is 1.07. The highest BCUT2D eigenvalue weighted by molar-refractivity contribution is 7.89. The van der Waals surface area contributed by atoms with Crippen LogP contribution in [0.5, 0.6) is 11.5 Å². The molecule has 3 rings (SSSR count). The Morgan fingerprint density at radius 1 is 1.12 bits per heavy atom. The molecular formula is C18H16N2O5S. The van der Waals surface area contributed by atoms with Crippen LogP contribution >= 0.6 is 0 Å². The van der Waals surface area contributed by atoms with Crippen molar-refractivity contribution in [2.75, 3.05) is 5.32 Å². The summed E-state index contributed by atoms with van der Waals surface area (Å²) in [7, 11) is -4.13. The number of ether oxygens (including phenoxy) is 1. The molecule has 0 radical (unpaired) electrons. The van der Waals surface area contributed by atoms with Crippen molar-refractivity contribution in [3.05, 3.63) is 72.2 Å². The zero-order valence-electron chi connectivity index (χ0n) is 13.6. The quantitative estimate of drug-likeness (QED) is 0.616. The lowest BCUT2D eigenvalue weighted by atomic mass is 10.2. The molecule has 3 aromatic rings. The van der Waals surface area contributed by atoms with Gasteiger partial charge in [0.15, 0.2) is 5.75 Å². The lowest BCUT2D eigenvalue weighted by Gasteiger charge is -2.16. The molecule has 0 saturated carbocycles. The average molecular weight is 372 g/mol. The largest absolute Gasteiger partial charge is 0.467 e. The number of carbonyl (C=O) groups excluding carboxylic acids is 1. The van der Waals surface area contributed by atoms with E-state index in [-0.39, 0.29) is 22.8 Å². The van der Waals surface area contributed by atoms with Gasteiger partial charge in [-0.25, -0.2) is 13.6 Å². The molecule has 0 bridgehead atoms. The van der Waals surface area contributed by atoms with E-state index in [4.69, 9.17) is 14.3 Å². The molecule has 1 aromatic heterocycles. The maximum absolute atomic E-state index is 12.0. The summed E-state index contributed by atoms with van der Waals surface area (Å²) in [5, 5.41) is 8.35. The minimum Gasteiger partial charge on any atom is -0.467 e. The van der Waals surface area contributed by atoms with Gasteiger partial charge in [-0.1, -0.05) is 18.2 Å². The second kappa shape index (κ2) is 7.42. The second-order valence-corrected chi connectivity index (χ2v) is 6.94. The topological polar surface area (TPSA) is 112 Å². The zero-order chi connectivity index (χ0) is 18.6. The van der Waals surface area contributed by atoms with Crippen LogP contribution in [-0.2, 0) is 16.6 Å². The predicted octanol–water partition coefficient (Wildman–Crippen LogP) is 3.14. The Kier molecular flexibility index (Phi) is 5.06. The number of benzene rings is 2. The van der Waals surface area contributed by atoms with Gasteiger partial charge < -0.3 is 14.5 Å². The number of sulfonamides is 1. The lowest BCUT2D eigenvalue weighted by molar-refractivity contribution is 0.112. The summed E-state index contributed by atoms with van der Waals surface area (Å²) in [6.07, 6.45) is 2.06. The fraction of sp³-hybridized carbons (Fsp3) is 0.0556. The molecule has 0 aliphatic carbocycles. The van der Waals surface area contributed by atoms with Crippen molar-refractivity contribution in [3.8, 4) is 11.5 Å². The van der Waals surface area contributed by atoms with E-state index in [0.29, 0.717) is 23.5 Å². The maximum Gasteiger partial charge on any atom is 0.241 e. The van der Waals surface area contributed by atoms with Crippen molar-refractivity contribution in [3.63, 3.8) is 0 Å². The molecule has 0 atom stereocenters. The van der Waals surface area contributed by atoms with Gasteiger partial charge in [-0.15, -0.1) is 0 Å². The number of nitrogens with one attached hydrogen (secondary N) is 1. The Morgan fingerprint density at radius 2 is 1.88 bits per heavy atom. The van der Waals surface area contributed by atoms with Crippen LogP contribution in [0.2, 0.25) is 0 Å². The Morgan fingerprint density at radius 3 is 2.50 bits per heavy atom. The van der Waals surface area contributed by atoms with Crippen molar-refractivity contribution in [2.45, 2.75) is 11.4 Å². The highest BCUT2D eigenvalue weighted by atomic mass is 32.2. The molecule has 3 N–H and O–H groups in total. The third-order valence-electron chi connectivity index (χ3n) is 3.52. The number of hydrogen-bond donors (Lipinski definition) is 2. The Labute approximate surface area is 150 Å². The number of anilines is 1. The van der Waals surface area contributed by atoms with E-state index in [0.717, 1.165) is 0 Å². The van der Waals surface area contributed by atoms with Crippen molar-refractivity contribution in [1.29, 1.82) is 0 Å². The van der Waals surface area contributed by atoms with E-state index >= 15 is 0 Å². The van der Waals surface area contributed by atoms with E-state index in [1.165, 1.54) is 18.4 Å². The Hall–Kier alpha value is -3.10. The van der Waals surface area contributed by atoms with Crippen LogP contribution in [0.1, 0.15) is 16.1 Å². The average Bonchev–Trinajstić information content (AvgIpc) is 3.14. The molecule has 0 aliphatic rings. The summed E-state index contributed by atoms with van der Waals surface area (Å²) in [5.41, 5.74) is 0.454. The zero-order valence-corrected chi connectivity index (χ0v) is 14.4. The van der Waals surface area contributed by atoms with Gasteiger partial charge in [0.25, 0.3) is 0 Å².